The Balaban J connectivity index is 2.34. The largest absolute Gasteiger partial charge is 0.317 e. The molecule has 0 aliphatic rings. The first-order chi connectivity index (χ1) is 8.74. The average Bonchev–Trinajstić information content (AvgIpc) is 2.90. The molecule has 0 atom stereocenters. The lowest BCUT2D eigenvalue weighted by Gasteiger charge is -2.25. The fourth-order valence-electron chi connectivity index (χ4n) is 1.73. The minimum absolute atomic E-state index is 0.683. The molecular formula is C13H14ClN3S. The van der Waals surface area contributed by atoms with Crippen molar-refractivity contribution >= 4 is 34.6 Å². The second-order valence-corrected chi connectivity index (χ2v) is 4.63. The third-order valence-corrected chi connectivity index (χ3v) is 3.30. The molecule has 0 radical (unpaired) electrons. The molecule has 0 saturated heterocycles. The normalized spacial score (nSPS) is 10.3. The molecular weight excluding hydrogens is 266 g/mol. The Bertz CT molecular complexity index is 525. The quantitative estimate of drug-likeness (QED) is 0.801. The number of hydrogen-bond acceptors (Lipinski definition) is 2. The van der Waals surface area contributed by atoms with E-state index in [9.17, 15) is 0 Å². The van der Waals surface area contributed by atoms with Gasteiger partial charge in [-0.3, -0.25) is 4.57 Å². The van der Waals surface area contributed by atoms with Crippen LogP contribution in [0.5, 0.6) is 0 Å². The van der Waals surface area contributed by atoms with Gasteiger partial charge in [0.05, 0.1) is 10.7 Å². The predicted molar refractivity (Wildman–Crippen MR) is 79.3 cm³/mol. The average molecular weight is 280 g/mol. The van der Waals surface area contributed by atoms with Crippen LogP contribution >= 0.6 is 23.8 Å². The molecule has 2 aromatic rings. The lowest BCUT2D eigenvalue weighted by molar-refractivity contribution is 0.888. The van der Waals surface area contributed by atoms with Crippen LogP contribution in [0, 0.1) is 0 Å². The van der Waals surface area contributed by atoms with Crippen LogP contribution in [0.15, 0.2) is 43.0 Å². The van der Waals surface area contributed by atoms with Crippen LogP contribution in [-0.2, 0) is 0 Å². The van der Waals surface area contributed by atoms with Crippen molar-refractivity contribution in [2.24, 2.45) is 0 Å². The van der Waals surface area contributed by atoms with Gasteiger partial charge in [-0.15, -0.1) is 0 Å². The van der Waals surface area contributed by atoms with Gasteiger partial charge < -0.3 is 4.90 Å². The second-order valence-electron chi connectivity index (χ2n) is 3.86. The van der Waals surface area contributed by atoms with E-state index in [1.807, 2.05) is 39.9 Å². The van der Waals surface area contributed by atoms with Crippen molar-refractivity contribution in [1.29, 1.82) is 0 Å². The number of nitrogens with zero attached hydrogens (tertiary/aromatic N) is 3. The van der Waals surface area contributed by atoms with Gasteiger partial charge in [0.15, 0.2) is 5.11 Å². The minimum Gasteiger partial charge on any atom is -0.317 e. The number of hydrogen-bond donors (Lipinski definition) is 0. The van der Waals surface area contributed by atoms with Gasteiger partial charge >= 0.3 is 0 Å². The Hall–Kier alpha value is -1.39. The molecule has 0 amide bonds. The van der Waals surface area contributed by atoms with Crippen LogP contribution < -0.4 is 4.90 Å². The zero-order valence-electron chi connectivity index (χ0n) is 10.1. The third-order valence-electron chi connectivity index (χ3n) is 2.55. The number of benzene rings is 1. The highest BCUT2D eigenvalue weighted by Crippen LogP contribution is 2.26. The highest BCUT2D eigenvalue weighted by Gasteiger charge is 2.15. The van der Waals surface area contributed by atoms with Crippen LogP contribution in [0.1, 0.15) is 13.3 Å². The first kappa shape index (κ1) is 13.1. The fraction of sp³-hybridized carbons (Fsp3) is 0.231. The van der Waals surface area contributed by atoms with E-state index >= 15 is 0 Å². The summed E-state index contributed by atoms with van der Waals surface area (Å²) in [6.07, 6.45) is 6.23. The highest BCUT2D eigenvalue weighted by molar-refractivity contribution is 7.80. The summed E-state index contributed by atoms with van der Waals surface area (Å²) in [6, 6.07) is 7.72. The van der Waals surface area contributed by atoms with Gasteiger partial charge in [0, 0.05) is 18.9 Å². The van der Waals surface area contributed by atoms with Crippen LogP contribution in [0.4, 0.5) is 5.69 Å². The summed E-state index contributed by atoms with van der Waals surface area (Å²) in [5, 5.41) is 1.39. The Labute approximate surface area is 117 Å². The molecule has 0 aliphatic carbocycles. The maximum atomic E-state index is 6.23. The van der Waals surface area contributed by atoms with Crippen molar-refractivity contribution in [3.05, 3.63) is 48.0 Å². The first-order valence-electron chi connectivity index (χ1n) is 5.78. The molecule has 1 heterocycles. The SMILES string of the molecule is CCCN(C(=S)n1ccnc1)c1ccccc1Cl. The molecule has 0 saturated carbocycles. The Morgan fingerprint density at radius 2 is 2.22 bits per heavy atom. The zero-order chi connectivity index (χ0) is 13.0. The molecule has 18 heavy (non-hydrogen) atoms. The van der Waals surface area contributed by atoms with Crippen LogP contribution in [0.25, 0.3) is 0 Å². The highest BCUT2D eigenvalue weighted by atomic mass is 35.5. The molecule has 94 valence electrons. The molecule has 3 nitrogen and oxygen atoms in total. The molecule has 5 heteroatoms. The molecule has 0 fully saturated rings. The summed E-state index contributed by atoms with van der Waals surface area (Å²) in [5.41, 5.74) is 0.930. The number of halogens is 1. The topological polar surface area (TPSA) is 21.1 Å². The predicted octanol–water partition coefficient (Wildman–Crippen LogP) is 3.59. The van der Waals surface area contributed by atoms with E-state index in [4.69, 9.17) is 23.8 Å². The van der Waals surface area contributed by atoms with E-state index in [1.165, 1.54) is 0 Å². The van der Waals surface area contributed by atoms with Gasteiger partial charge in [-0.25, -0.2) is 4.98 Å². The summed E-state index contributed by atoms with van der Waals surface area (Å²) in [4.78, 5) is 6.04. The van der Waals surface area contributed by atoms with E-state index in [1.54, 1.807) is 12.5 Å². The lowest BCUT2D eigenvalue weighted by atomic mass is 10.3. The smallest absolute Gasteiger partial charge is 0.185 e. The number of para-hydroxylation sites is 1. The van der Waals surface area contributed by atoms with Crippen molar-refractivity contribution in [2.75, 3.05) is 11.4 Å². The zero-order valence-corrected chi connectivity index (χ0v) is 11.7. The molecule has 0 spiro atoms. The van der Waals surface area contributed by atoms with E-state index in [0.29, 0.717) is 10.1 Å². The molecule has 1 aromatic carbocycles. The summed E-state index contributed by atoms with van der Waals surface area (Å²) >= 11 is 11.7. The van der Waals surface area contributed by atoms with Crippen LogP contribution in [0.3, 0.4) is 0 Å². The number of thiocarbonyl (C=S) groups is 1. The van der Waals surface area contributed by atoms with E-state index < -0.39 is 0 Å². The van der Waals surface area contributed by atoms with Crippen LogP contribution in [-0.4, -0.2) is 21.2 Å². The van der Waals surface area contributed by atoms with Gasteiger partial charge in [-0.1, -0.05) is 30.7 Å². The van der Waals surface area contributed by atoms with Crippen molar-refractivity contribution in [3.8, 4) is 0 Å². The molecule has 0 bridgehead atoms. The van der Waals surface area contributed by atoms with Crippen molar-refractivity contribution < 1.29 is 0 Å². The van der Waals surface area contributed by atoms with Crippen molar-refractivity contribution in [2.45, 2.75) is 13.3 Å². The summed E-state index contributed by atoms with van der Waals surface area (Å²) in [6.45, 7) is 2.93. The molecule has 2 rings (SSSR count). The first-order valence-corrected chi connectivity index (χ1v) is 6.57. The summed E-state index contributed by atoms with van der Waals surface area (Å²) in [5.74, 6) is 0. The lowest BCUT2D eigenvalue weighted by Crippen LogP contribution is -2.34. The number of aromatic nitrogens is 2. The van der Waals surface area contributed by atoms with Gasteiger partial charge in [0.25, 0.3) is 0 Å². The Morgan fingerprint density at radius 3 is 2.83 bits per heavy atom. The van der Waals surface area contributed by atoms with Crippen molar-refractivity contribution in [1.82, 2.24) is 9.55 Å². The second kappa shape index (κ2) is 5.98. The molecule has 0 N–H and O–H groups in total. The van der Waals surface area contributed by atoms with Crippen LogP contribution in [0.2, 0.25) is 5.02 Å². The van der Waals surface area contributed by atoms with E-state index in [-0.39, 0.29) is 0 Å². The monoisotopic (exact) mass is 279 g/mol. The summed E-state index contributed by atoms with van der Waals surface area (Å²) in [7, 11) is 0. The maximum absolute atomic E-state index is 6.23. The van der Waals surface area contributed by atoms with E-state index in [2.05, 4.69) is 11.9 Å². The number of imidazole rings is 1. The third kappa shape index (κ3) is 2.71. The molecule has 0 unspecified atom stereocenters. The van der Waals surface area contributed by atoms with Gasteiger partial charge in [0.2, 0.25) is 0 Å². The molecule has 1 aromatic heterocycles. The van der Waals surface area contributed by atoms with Gasteiger partial charge in [-0.05, 0) is 30.8 Å². The van der Waals surface area contributed by atoms with E-state index in [0.717, 1.165) is 18.7 Å². The maximum Gasteiger partial charge on any atom is 0.185 e. The summed E-state index contributed by atoms with van der Waals surface area (Å²) < 4.78 is 1.81. The standard InChI is InChI=1S/C13H14ClN3S/c1-2-8-17(12-6-4-3-5-11(12)14)13(18)16-9-7-15-10-16/h3-7,9-10H,2,8H2,1H3. The Morgan fingerprint density at radius 1 is 1.44 bits per heavy atom. The van der Waals surface area contributed by atoms with Gasteiger partial charge in [-0.2, -0.15) is 0 Å². The minimum atomic E-state index is 0.683. The van der Waals surface area contributed by atoms with Gasteiger partial charge in [0.1, 0.15) is 6.33 Å². The number of rotatable bonds is 3. The molecule has 0 aliphatic heterocycles. The van der Waals surface area contributed by atoms with Crippen molar-refractivity contribution in [3.63, 3.8) is 0 Å². The fourth-order valence-corrected chi connectivity index (χ4v) is 2.26. The number of anilines is 1. The Kier molecular flexibility index (Phi) is 4.33.